The lowest BCUT2D eigenvalue weighted by molar-refractivity contribution is -0.137. The molecule has 0 spiro atoms. The van der Waals surface area contributed by atoms with Gasteiger partial charge in [-0.3, -0.25) is 10.7 Å². The van der Waals surface area contributed by atoms with E-state index in [4.69, 9.17) is 17.4 Å². The molecule has 0 aliphatic carbocycles. The van der Waals surface area contributed by atoms with Crippen molar-refractivity contribution >= 4 is 28.9 Å². The topological polar surface area (TPSA) is 73.4 Å². The van der Waals surface area contributed by atoms with Crippen molar-refractivity contribution in [2.24, 2.45) is 0 Å². The number of alkyl halides is 3. The van der Waals surface area contributed by atoms with Crippen molar-refractivity contribution in [3.8, 4) is 11.8 Å². The molecular weight excluding hydrogens is 379 g/mol. The van der Waals surface area contributed by atoms with Crippen LogP contribution in [0.15, 0.2) is 48.5 Å². The predicted octanol–water partition coefficient (Wildman–Crippen LogP) is 3.53. The second-order valence-electron chi connectivity index (χ2n) is 5.20. The number of halogens is 3. The zero-order valence-electron chi connectivity index (χ0n) is 13.7. The fraction of sp³-hybridized carbons (Fsp3) is 0.111. The summed E-state index contributed by atoms with van der Waals surface area (Å²) in [6.45, 7) is 0.0465. The van der Waals surface area contributed by atoms with Crippen LogP contribution in [0.4, 0.5) is 23.7 Å². The first-order valence-corrected chi connectivity index (χ1v) is 7.96. The molecule has 0 saturated carbocycles. The Hall–Kier alpha value is -3.09. The molecule has 5 nitrogen and oxygen atoms in total. The Morgan fingerprint density at radius 1 is 1.07 bits per heavy atom. The molecule has 2 aromatic rings. The van der Waals surface area contributed by atoms with Crippen LogP contribution in [0.25, 0.3) is 0 Å². The molecule has 0 atom stereocenters. The lowest BCUT2D eigenvalue weighted by Gasteiger charge is -2.08. The number of hydrogen-bond acceptors (Lipinski definition) is 3. The Morgan fingerprint density at radius 3 is 2.26 bits per heavy atom. The van der Waals surface area contributed by atoms with E-state index in [0.29, 0.717) is 11.1 Å². The van der Waals surface area contributed by atoms with Crippen molar-refractivity contribution in [3.05, 3.63) is 65.2 Å². The standard InChI is InChI=1S/C18H14F3N3O2S/c19-18(20,21)14-7-9-15(10-8-14)23-17(25)22-11-1-2-12-3-5-13(6-4-12)16(27)24-26/h3-10,26H,11H2,(H,24,27)(H2,22,23,25). The maximum Gasteiger partial charge on any atom is 0.416 e. The Kier molecular flexibility index (Phi) is 6.76. The quantitative estimate of drug-likeness (QED) is 0.366. The van der Waals surface area contributed by atoms with Crippen LogP contribution in [0.1, 0.15) is 16.7 Å². The number of carbonyl (C=O) groups is 1. The van der Waals surface area contributed by atoms with Gasteiger partial charge >= 0.3 is 12.2 Å². The fourth-order valence-corrected chi connectivity index (χ4v) is 2.09. The number of benzene rings is 2. The number of hydrogen-bond donors (Lipinski definition) is 4. The van der Waals surface area contributed by atoms with Gasteiger partial charge in [0, 0.05) is 16.8 Å². The summed E-state index contributed by atoms with van der Waals surface area (Å²) in [6.07, 6.45) is -4.42. The number of amides is 2. The molecule has 0 aliphatic heterocycles. The maximum absolute atomic E-state index is 12.5. The van der Waals surface area contributed by atoms with E-state index in [1.165, 1.54) is 12.1 Å². The number of rotatable bonds is 3. The third-order valence-corrected chi connectivity index (χ3v) is 3.62. The summed E-state index contributed by atoms with van der Waals surface area (Å²) in [5.74, 6) is 5.57. The van der Waals surface area contributed by atoms with Gasteiger partial charge in [0.2, 0.25) is 0 Å². The lowest BCUT2D eigenvalue weighted by Crippen LogP contribution is -2.28. The molecule has 0 saturated heterocycles. The molecule has 2 aromatic carbocycles. The highest BCUT2D eigenvalue weighted by Gasteiger charge is 2.29. The van der Waals surface area contributed by atoms with Gasteiger partial charge in [-0.15, -0.1) is 0 Å². The maximum atomic E-state index is 12.5. The average Bonchev–Trinajstić information content (AvgIpc) is 2.65. The van der Waals surface area contributed by atoms with Crippen molar-refractivity contribution in [1.82, 2.24) is 10.8 Å². The molecule has 9 heteroatoms. The molecule has 2 rings (SSSR count). The molecule has 27 heavy (non-hydrogen) atoms. The molecule has 0 heterocycles. The van der Waals surface area contributed by atoms with Gasteiger partial charge in [0.15, 0.2) is 0 Å². The van der Waals surface area contributed by atoms with Gasteiger partial charge in [-0.2, -0.15) is 13.2 Å². The highest BCUT2D eigenvalue weighted by Crippen LogP contribution is 2.29. The summed E-state index contributed by atoms with van der Waals surface area (Å²) in [7, 11) is 0. The lowest BCUT2D eigenvalue weighted by atomic mass is 10.1. The Morgan fingerprint density at radius 2 is 1.70 bits per heavy atom. The van der Waals surface area contributed by atoms with Gasteiger partial charge in [-0.25, -0.2) is 4.79 Å². The predicted molar refractivity (Wildman–Crippen MR) is 98.4 cm³/mol. The number of hydroxylamine groups is 1. The molecule has 0 aromatic heterocycles. The zero-order chi connectivity index (χ0) is 19.9. The minimum atomic E-state index is -4.42. The first-order valence-electron chi connectivity index (χ1n) is 7.55. The van der Waals surface area contributed by atoms with E-state index in [2.05, 4.69) is 22.5 Å². The highest BCUT2D eigenvalue weighted by molar-refractivity contribution is 7.80. The van der Waals surface area contributed by atoms with E-state index in [1.54, 1.807) is 24.3 Å². The molecule has 0 aliphatic rings. The fourth-order valence-electron chi connectivity index (χ4n) is 1.96. The first-order chi connectivity index (χ1) is 12.8. The Bertz CT molecular complexity index is 870. The smallest absolute Gasteiger partial charge is 0.327 e. The molecular formula is C18H14F3N3O2S. The molecule has 2 amide bonds. The first kappa shape index (κ1) is 20.2. The third-order valence-electron chi connectivity index (χ3n) is 3.29. The number of thiocarbonyl (C=S) groups is 1. The number of nitrogens with one attached hydrogen (secondary N) is 3. The van der Waals surface area contributed by atoms with E-state index >= 15 is 0 Å². The van der Waals surface area contributed by atoms with E-state index in [-0.39, 0.29) is 17.2 Å². The van der Waals surface area contributed by atoms with Crippen LogP contribution in [0.5, 0.6) is 0 Å². The van der Waals surface area contributed by atoms with Gasteiger partial charge in [-0.1, -0.05) is 36.2 Å². The average molecular weight is 393 g/mol. The monoisotopic (exact) mass is 393 g/mol. The summed E-state index contributed by atoms with van der Waals surface area (Å²) in [5.41, 5.74) is 2.64. The molecule has 0 unspecified atom stereocenters. The Labute approximate surface area is 158 Å². The van der Waals surface area contributed by atoms with Crippen molar-refractivity contribution in [1.29, 1.82) is 0 Å². The van der Waals surface area contributed by atoms with Gasteiger partial charge in [0.1, 0.15) is 4.99 Å². The van der Waals surface area contributed by atoms with Gasteiger partial charge in [-0.05, 0) is 36.4 Å². The van der Waals surface area contributed by atoms with Crippen LogP contribution in [-0.4, -0.2) is 22.8 Å². The van der Waals surface area contributed by atoms with E-state index in [9.17, 15) is 18.0 Å². The molecule has 0 fully saturated rings. The van der Waals surface area contributed by atoms with Crippen LogP contribution in [0.2, 0.25) is 0 Å². The van der Waals surface area contributed by atoms with Crippen molar-refractivity contribution < 1.29 is 23.2 Å². The van der Waals surface area contributed by atoms with Gasteiger partial charge in [0.05, 0.1) is 12.1 Å². The van der Waals surface area contributed by atoms with Crippen LogP contribution >= 0.6 is 12.2 Å². The second-order valence-corrected chi connectivity index (χ2v) is 5.61. The zero-order valence-corrected chi connectivity index (χ0v) is 14.5. The second kappa shape index (κ2) is 9.02. The molecule has 140 valence electrons. The summed E-state index contributed by atoms with van der Waals surface area (Å²) in [4.78, 5) is 11.9. The minimum absolute atomic E-state index is 0.0465. The van der Waals surface area contributed by atoms with Crippen molar-refractivity contribution in [2.45, 2.75) is 6.18 Å². The third kappa shape index (κ3) is 6.29. The van der Waals surface area contributed by atoms with Gasteiger partial charge in [0.25, 0.3) is 0 Å². The van der Waals surface area contributed by atoms with E-state index in [0.717, 1.165) is 12.1 Å². The van der Waals surface area contributed by atoms with Crippen molar-refractivity contribution in [2.75, 3.05) is 11.9 Å². The van der Waals surface area contributed by atoms with E-state index < -0.39 is 17.8 Å². The molecule has 0 bridgehead atoms. The number of urea groups is 1. The number of carbonyl (C=O) groups excluding carboxylic acids is 1. The summed E-state index contributed by atoms with van der Waals surface area (Å²) >= 11 is 4.87. The Balaban J connectivity index is 1.83. The van der Waals surface area contributed by atoms with E-state index in [1.807, 2.05) is 5.48 Å². The summed E-state index contributed by atoms with van der Waals surface area (Å²) < 4.78 is 37.4. The number of anilines is 1. The van der Waals surface area contributed by atoms with Crippen molar-refractivity contribution in [3.63, 3.8) is 0 Å². The SMILES string of the molecule is O=C(NCC#Cc1ccc(C(=S)NO)cc1)Nc1ccc(C(F)(F)F)cc1. The highest BCUT2D eigenvalue weighted by atomic mass is 32.1. The summed E-state index contributed by atoms with van der Waals surface area (Å²) in [6, 6.07) is 10.3. The largest absolute Gasteiger partial charge is 0.416 e. The van der Waals surface area contributed by atoms with Crippen LogP contribution < -0.4 is 16.1 Å². The van der Waals surface area contributed by atoms with Crippen LogP contribution in [0.3, 0.4) is 0 Å². The molecule has 0 radical (unpaired) electrons. The minimum Gasteiger partial charge on any atom is -0.327 e. The van der Waals surface area contributed by atoms with Gasteiger partial charge < -0.3 is 10.6 Å². The van der Waals surface area contributed by atoms with Crippen LogP contribution in [0, 0.1) is 11.8 Å². The molecule has 4 N–H and O–H groups in total. The summed E-state index contributed by atoms with van der Waals surface area (Å²) in [5, 5.41) is 13.6. The van der Waals surface area contributed by atoms with Crippen LogP contribution in [-0.2, 0) is 6.18 Å². The normalized spacial score (nSPS) is 10.4.